The van der Waals surface area contributed by atoms with E-state index in [2.05, 4.69) is 42.7 Å². The quantitative estimate of drug-likeness (QED) is 0.639. The van der Waals surface area contributed by atoms with Gasteiger partial charge in [0, 0.05) is 27.2 Å². The Morgan fingerprint density at radius 2 is 1.52 bits per heavy atom. The molecule has 7 heteroatoms. The number of nitrogens with zero attached hydrogens (tertiary/aromatic N) is 3. The molecule has 0 saturated heterocycles. The van der Waals surface area contributed by atoms with Crippen molar-refractivity contribution in [1.82, 2.24) is 15.1 Å². The second-order valence-electron chi connectivity index (χ2n) is 5.80. The van der Waals surface area contributed by atoms with Crippen molar-refractivity contribution in [2.45, 2.75) is 33.7 Å². The highest BCUT2D eigenvalue weighted by molar-refractivity contribution is 5.99. The molecule has 1 N–H and O–H groups in total. The molecule has 122 valence electrons. The maximum Gasteiger partial charge on any atom is 0.436 e. The Balaban J connectivity index is 5.10. The summed E-state index contributed by atoms with van der Waals surface area (Å²) < 4.78 is 4.51. The van der Waals surface area contributed by atoms with Crippen LogP contribution in [0.5, 0.6) is 0 Å². The highest BCUT2D eigenvalue weighted by atomic mass is 16.5. The number of hydrogen-bond acceptors (Lipinski definition) is 3. The van der Waals surface area contributed by atoms with Gasteiger partial charge in [-0.05, 0) is 11.8 Å². The van der Waals surface area contributed by atoms with Crippen LogP contribution in [0.25, 0.3) is 0 Å². The SMILES string of the molecule is COC(=O)N=C(N(C)C)N(C)C(=O)NC(C(C)C)C(C)C. The first kappa shape index (κ1) is 19.2. The van der Waals surface area contributed by atoms with Gasteiger partial charge in [-0.3, -0.25) is 4.90 Å². The number of ether oxygens (including phenoxy) is 1. The molecule has 3 amide bonds. The number of carbonyl (C=O) groups is 2. The molecule has 7 nitrogen and oxygen atoms in total. The van der Waals surface area contributed by atoms with Crippen LogP contribution in [-0.4, -0.2) is 62.2 Å². The van der Waals surface area contributed by atoms with Crippen LogP contribution in [-0.2, 0) is 4.74 Å². The third-order valence-electron chi connectivity index (χ3n) is 3.10. The zero-order valence-electron chi connectivity index (χ0n) is 14.3. The monoisotopic (exact) mass is 300 g/mol. The normalized spacial score (nSPS) is 11.9. The van der Waals surface area contributed by atoms with Gasteiger partial charge in [-0.2, -0.15) is 0 Å². The molecular formula is C14H28N4O3. The van der Waals surface area contributed by atoms with Crippen molar-refractivity contribution in [3.05, 3.63) is 0 Å². The highest BCUT2D eigenvalue weighted by Gasteiger charge is 2.24. The molecule has 0 aliphatic rings. The van der Waals surface area contributed by atoms with Gasteiger partial charge in [0.05, 0.1) is 7.11 Å². The first-order valence-corrected chi connectivity index (χ1v) is 7.00. The Labute approximate surface area is 127 Å². The van der Waals surface area contributed by atoms with Crippen LogP contribution in [0.3, 0.4) is 0 Å². The van der Waals surface area contributed by atoms with Crippen LogP contribution in [0.2, 0.25) is 0 Å². The Morgan fingerprint density at radius 1 is 1.05 bits per heavy atom. The summed E-state index contributed by atoms with van der Waals surface area (Å²) in [6, 6.07) is -0.264. The number of urea groups is 1. The lowest BCUT2D eigenvalue weighted by Crippen LogP contribution is -2.52. The average Bonchev–Trinajstić information content (AvgIpc) is 2.39. The van der Waals surface area contributed by atoms with Gasteiger partial charge in [-0.25, -0.2) is 9.59 Å². The molecule has 0 spiro atoms. The first-order valence-electron chi connectivity index (χ1n) is 7.00. The molecule has 0 heterocycles. The second kappa shape index (κ2) is 8.49. The Hall–Kier alpha value is -1.79. The van der Waals surface area contributed by atoms with E-state index in [-0.39, 0.29) is 18.0 Å². The molecule has 0 fully saturated rings. The third kappa shape index (κ3) is 6.01. The summed E-state index contributed by atoms with van der Waals surface area (Å²) in [6.07, 6.45) is -0.748. The van der Waals surface area contributed by atoms with Gasteiger partial charge in [0.1, 0.15) is 0 Å². The molecule has 0 radical (unpaired) electrons. The summed E-state index contributed by atoms with van der Waals surface area (Å²) in [7, 11) is 6.21. The van der Waals surface area contributed by atoms with Crippen molar-refractivity contribution in [3.8, 4) is 0 Å². The Kier molecular flexibility index (Phi) is 7.76. The molecule has 0 unspecified atom stereocenters. The zero-order valence-corrected chi connectivity index (χ0v) is 14.3. The van der Waals surface area contributed by atoms with E-state index in [1.807, 2.05) is 0 Å². The van der Waals surface area contributed by atoms with Gasteiger partial charge < -0.3 is 15.0 Å². The zero-order chi connectivity index (χ0) is 16.7. The van der Waals surface area contributed by atoms with Gasteiger partial charge in [0.25, 0.3) is 0 Å². The van der Waals surface area contributed by atoms with Crippen LogP contribution < -0.4 is 5.32 Å². The lowest BCUT2D eigenvalue weighted by molar-refractivity contribution is 0.181. The summed E-state index contributed by atoms with van der Waals surface area (Å²) in [5.41, 5.74) is 0. The van der Waals surface area contributed by atoms with Crippen molar-refractivity contribution < 1.29 is 14.3 Å². The van der Waals surface area contributed by atoms with Crippen LogP contribution in [0.4, 0.5) is 9.59 Å². The highest BCUT2D eigenvalue weighted by Crippen LogP contribution is 2.12. The molecule has 0 bridgehead atoms. The minimum Gasteiger partial charge on any atom is -0.451 e. The van der Waals surface area contributed by atoms with Crippen LogP contribution in [0, 0.1) is 11.8 Å². The molecular weight excluding hydrogens is 272 g/mol. The minimum atomic E-state index is -0.748. The number of aliphatic imine (C=N–C) groups is 1. The fourth-order valence-corrected chi connectivity index (χ4v) is 2.04. The molecule has 0 aromatic heterocycles. The number of nitrogens with one attached hydrogen (secondary N) is 1. The van der Waals surface area contributed by atoms with Crippen molar-refractivity contribution in [2.75, 3.05) is 28.3 Å². The first-order chi connectivity index (χ1) is 9.61. The molecule has 0 aromatic rings. The summed E-state index contributed by atoms with van der Waals surface area (Å²) in [5, 5.41) is 2.97. The van der Waals surface area contributed by atoms with Crippen LogP contribution >= 0.6 is 0 Å². The van der Waals surface area contributed by atoms with Crippen LogP contribution in [0.15, 0.2) is 4.99 Å². The van der Waals surface area contributed by atoms with E-state index in [4.69, 9.17) is 0 Å². The smallest absolute Gasteiger partial charge is 0.436 e. The molecule has 0 aliphatic heterocycles. The fourth-order valence-electron chi connectivity index (χ4n) is 2.04. The maximum atomic E-state index is 12.3. The predicted octanol–water partition coefficient (Wildman–Crippen LogP) is 1.99. The van der Waals surface area contributed by atoms with Gasteiger partial charge in [-0.1, -0.05) is 27.7 Å². The van der Waals surface area contributed by atoms with Crippen molar-refractivity contribution in [1.29, 1.82) is 0 Å². The molecule has 0 aromatic carbocycles. The molecule has 0 rings (SSSR count). The van der Waals surface area contributed by atoms with Crippen molar-refractivity contribution >= 4 is 18.1 Å². The van der Waals surface area contributed by atoms with Gasteiger partial charge in [0.2, 0.25) is 5.96 Å². The number of methoxy groups -OCH3 is 1. The van der Waals surface area contributed by atoms with E-state index < -0.39 is 6.09 Å². The molecule has 0 aliphatic carbocycles. The lowest BCUT2D eigenvalue weighted by Gasteiger charge is -2.30. The van der Waals surface area contributed by atoms with Gasteiger partial charge in [0.15, 0.2) is 0 Å². The second-order valence-corrected chi connectivity index (χ2v) is 5.80. The topological polar surface area (TPSA) is 74.2 Å². The standard InChI is InChI=1S/C14H28N4O3/c1-9(2)11(10(3)4)15-13(19)18(7)12(17(5)6)16-14(20)21-8/h9-11H,1-8H3,(H,15,19). The number of hydrogen-bond donors (Lipinski definition) is 1. The predicted molar refractivity (Wildman–Crippen MR) is 83.3 cm³/mol. The van der Waals surface area contributed by atoms with Gasteiger partial charge in [-0.15, -0.1) is 4.99 Å². The third-order valence-corrected chi connectivity index (χ3v) is 3.10. The van der Waals surface area contributed by atoms with Gasteiger partial charge >= 0.3 is 12.1 Å². The van der Waals surface area contributed by atoms with E-state index in [1.54, 1.807) is 26.0 Å². The summed E-state index contributed by atoms with van der Waals surface area (Å²) >= 11 is 0. The van der Waals surface area contributed by atoms with E-state index in [0.717, 1.165) is 0 Å². The average molecular weight is 300 g/mol. The number of amides is 3. The summed E-state index contributed by atoms with van der Waals surface area (Å²) in [4.78, 5) is 30.3. The summed E-state index contributed by atoms with van der Waals surface area (Å²) in [6.45, 7) is 8.22. The van der Waals surface area contributed by atoms with E-state index >= 15 is 0 Å². The number of guanidine groups is 1. The molecule has 0 saturated carbocycles. The fraction of sp³-hybridized carbons (Fsp3) is 0.786. The van der Waals surface area contributed by atoms with Crippen molar-refractivity contribution in [2.24, 2.45) is 16.8 Å². The number of carbonyl (C=O) groups excluding carboxylic acids is 2. The Morgan fingerprint density at radius 3 is 1.86 bits per heavy atom. The minimum absolute atomic E-state index is 0.0430. The molecule has 0 atom stereocenters. The van der Waals surface area contributed by atoms with Crippen molar-refractivity contribution in [3.63, 3.8) is 0 Å². The van der Waals surface area contributed by atoms with Crippen LogP contribution in [0.1, 0.15) is 27.7 Å². The number of rotatable bonds is 3. The lowest BCUT2D eigenvalue weighted by atomic mass is 9.93. The molecule has 21 heavy (non-hydrogen) atoms. The largest absolute Gasteiger partial charge is 0.451 e. The summed E-state index contributed by atoms with van der Waals surface area (Å²) in [5.74, 6) is 0.830. The Bertz CT molecular complexity index is 384. The maximum absolute atomic E-state index is 12.3. The van der Waals surface area contributed by atoms with E-state index in [0.29, 0.717) is 11.8 Å². The van der Waals surface area contributed by atoms with E-state index in [1.165, 1.54) is 12.0 Å². The van der Waals surface area contributed by atoms with E-state index in [9.17, 15) is 9.59 Å².